The zero-order chi connectivity index (χ0) is 26.1. The largest absolute Gasteiger partial charge is 0.462 e. The average Bonchev–Trinajstić information content (AvgIpc) is 2.87. The fourth-order valence-corrected chi connectivity index (χ4v) is 4.31. The van der Waals surface area contributed by atoms with Crippen LogP contribution < -0.4 is 0 Å². The van der Waals surface area contributed by atoms with Crippen molar-refractivity contribution in [3.05, 3.63) is 82.9 Å². The van der Waals surface area contributed by atoms with Crippen molar-refractivity contribution in [1.29, 1.82) is 0 Å². The van der Waals surface area contributed by atoms with Gasteiger partial charge in [-0.25, -0.2) is 18.4 Å². The minimum atomic E-state index is -0.551. The second-order valence-electron chi connectivity index (χ2n) is 8.47. The molecule has 0 heterocycles. The van der Waals surface area contributed by atoms with E-state index in [1.165, 1.54) is 24.3 Å². The fraction of sp³-hybridized carbons (Fsp3) is 0.333. The van der Waals surface area contributed by atoms with Crippen LogP contribution in [0.3, 0.4) is 0 Å². The Bertz CT molecular complexity index is 1190. The summed E-state index contributed by atoms with van der Waals surface area (Å²) in [5.41, 5.74) is 3.18. The van der Waals surface area contributed by atoms with Crippen LogP contribution in [0.25, 0.3) is 22.3 Å². The van der Waals surface area contributed by atoms with Gasteiger partial charge in [0.25, 0.3) is 0 Å². The van der Waals surface area contributed by atoms with Gasteiger partial charge >= 0.3 is 11.9 Å². The quantitative estimate of drug-likeness (QED) is 0.202. The molecule has 4 nitrogen and oxygen atoms in total. The zero-order valence-corrected chi connectivity index (χ0v) is 21.0. The number of benzene rings is 3. The van der Waals surface area contributed by atoms with Gasteiger partial charge in [0, 0.05) is 11.1 Å². The molecule has 0 saturated heterocycles. The Morgan fingerprint density at radius 2 is 1.22 bits per heavy atom. The molecule has 0 fully saturated rings. The predicted molar refractivity (Wildman–Crippen MR) is 137 cm³/mol. The first-order valence-electron chi connectivity index (χ1n) is 12.5. The highest BCUT2D eigenvalue weighted by molar-refractivity contribution is 6.10. The van der Waals surface area contributed by atoms with Crippen molar-refractivity contribution < 1.29 is 27.8 Å². The number of carbonyl (C=O) groups excluding carboxylic acids is 2. The second-order valence-corrected chi connectivity index (χ2v) is 8.47. The second kappa shape index (κ2) is 13.0. The lowest BCUT2D eigenvalue weighted by Crippen LogP contribution is -2.16. The third-order valence-corrected chi connectivity index (χ3v) is 5.95. The molecule has 0 unspecified atom stereocenters. The van der Waals surface area contributed by atoms with Crippen molar-refractivity contribution in [2.24, 2.45) is 0 Å². The number of halogens is 2. The summed E-state index contributed by atoms with van der Waals surface area (Å²) < 4.78 is 38.5. The minimum Gasteiger partial charge on any atom is -0.462 e. The summed E-state index contributed by atoms with van der Waals surface area (Å²) in [4.78, 5) is 26.6. The van der Waals surface area contributed by atoms with Gasteiger partial charge in [0.1, 0.15) is 11.6 Å². The van der Waals surface area contributed by atoms with Gasteiger partial charge in [0.2, 0.25) is 0 Å². The number of esters is 2. The van der Waals surface area contributed by atoms with Gasteiger partial charge in [-0.3, -0.25) is 0 Å². The van der Waals surface area contributed by atoms with Crippen LogP contribution in [0.15, 0.2) is 54.6 Å². The van der Waals surface area contributed by atoms with Crippen LogP contribution in [0.2, 0.25) is 0 Å². The zero-order valence-electron chi connectivity index (χ0n) is 21.0. The summed E-state index contributed by atoms with van der Waals surface area (Å²) in [7, 11) is 0. The molecule has 0 aliphatic heterocycles. The van der Waals surface area contributed by atoms with Gasteiger partial charge in [-0.1, -0.05) is 50.5 Å². The summed E-state index contributed by atoms with van der Waals surface area (Å²) in [5, 5.41) is 0. The van der Waals surface area contributed by atoms with E-state index in [0.717, 1.165) is 25.7 Å². The monoisotopic (exact) mass is 494 g/mol. The van der Waals surface area contributed by atoms with Gasteiger partial charge in [0.05, 0.1) is 24.3 Å². The van der Waals surface area contributed by atoms with Crippen LogP contribution in [0.4, 0.5) is 8.78 Å². The van der Waals surface area contributed by atoms with E-state index >= 15 is 0 Å². The van der Waals surface area contributed by atoms with Crippen molar-refractivity contribution in [3.8, 4) is 22.3 Å². The Kier molecular flexibility index (Phi) is 9.74. The highest BCUT2D eigenvalue weighted by Gasteiger charge is 2.28. The molecule has 0 bridgehead atoms. The van der Waals surface area contributed by atoms with Gasteiger partial charge in [-0.2, -0.15) is 0 Å². The molecule has 0 aliphatic rings. The van der Waals surface area contributed by atoms with Crippen LogP contribution in [-0.2, 0) is 15.9 Å². The van der Waals surface area contributed by atoms with Gasteiger partial charge in [-0.05, 0) is 73.7 Å². The smallest absolute Gasteiger partial charge is 0.339 e. The number of aryl methyl sites for hydroxylation is 1. The van der Waals surface area contributed by atoms with Crippen LogP contribution in [0.1, 0.15) is 72.7 Å². The van der Waals surface area contributed by atoms with E-state index in [1.54, 1.807) is 44.2 Å². The molecule has 0 amide bonds. The van der Waals surface area contributed by atoms with E-state index in [4.69, 9.17) is 9.47 Å². The molecule has 6 heteroatoms. The molecule has 3 aromatic rings. The lowest BCUT2D eigenvalue weighted by atomic mass is 9.83. The van der Waals surface area contributed by atoms with Gasteiger partial charge < -0.3 is 9.47 Å². The van der Waals surface area contributed by atoms with E-state index in [1.807, 2.05) is 0 Å². The molecule has 0 spiro atoms. The van der Waals surface area contributed by atoms with E-state index in [9.17, 15) is 18.4 Å². The summed E-state index contributed by atoms with van der Waals surface area (Å²) in [6, 6.07) is 13.1. The van der Waals surface area contributed by atoms with E-state index in [-0.39, 0.29) is 18.8 Å². The van der Waals surface area contributed by atoms with Gasteiger partial charge in [-0.15, -0.1) is 0 Å². The van der Waals surface area contributed by atoms with E-state index in [2.05, 4.69) is 6.92 Å². The van der Waals surface area contributed by atoms with E-state index in [0.29, 0.717) is 39.8 Å². The molecule has 0 atom stereocenters. The lowest BCUT2D eigenvalue weighted by Gasteiger charge is -2.22. The topological polar surface area (TPSA) is 52.6 Å². The Hall–Kier alpha value is -3.54. The maximum Gasteiger partial charge on any atom is 0.339 e. The van der Waals surface area contributed by atoms with Crippen LogP contribution >= 0.6 is 0 Å². The van der Waals surface area contributed by atoms with Crippen molar-refractivity contribution in [2.75, 3.05) is 13.2 Å². The summed E-state index contributed by atoms with van der Waals surface area (Å²) in [6.45, 7) is 5.90. The van der Waals surface area contributed by atoms with Crippen molar-refractivity contribution in [2.45, 2.75) is 52.9 Å². The first-order chi connectivity index (χ1) is 17.4. The van der Waals surface area contributed by atoms with Crippen molar-refractivity contribution in [3.63, 3.8) is 0 Å². The highest BCUT2D eigenvalue weighted by atomic mass is 19.1. The van der Waals surface area contributed by atoms with Crippen molar-refractivity contribution in [1.82, 2.24) is 0 Å². The molecule has 0 N–H and O–H groups in total. The number of ether oxygens (including phenoxy) is 2. The van der Waals surface area contributed by atoms with Crippen molar-refractivity contribution >= 4 is 11.9 Å². The molecular formula is C30H32F2O4. The first kappa shape index (κ1) is 27.1. The third kappa shape index (κ3) is 6.36. The standard InChI is InChI=1S/C30H32F2O4/c1-4-7-8-9-10-22-19-25(29(33)35-5-2)26(20-11-15-23(31)16-12-20)27(28(22)30(34)36-6-3)21-13-17-24(32)18-14-21/h11-19H,4-10H2,1-3H3. The number of hydrogen-bond acceptors (Lipinski definition) is 4. The van der Waals surface area contributed by atoms with Crippen LogP contribution in [0, 0.1) is 11.6 Å². The normalized spacial score (nSPS) is 10.8. The SMILES string of the molecule is CCCCCCc1cc(C(=O)OCC)c(-c2ccc(F)cc2)c(-c2ccc(F)cc2)c1C(=O)OCC. The molecule has 0 radical (unpaired) electrons. The first-order valence-corrected chi connectivity index (χ1v) is 12.5. The maximum atomic E-state index is 13.9. The number of rotatable bonds is 11. The Balaban J connectivity index is 2.41. The predicted octanol–water partition coefficient (Wildman–Crippen LogP) is 7.78. The number of hydrogen-bond donors (Lipinski definition) is 0. The van der Waals surface area contributed by atoms with E-state index < -0.39 is 23.6 Å². The molecule has 0 saturated carbocycles. The highest BCUT2D eigenvalue weighted by Crippen LogP contribution is 2.41. The Labute approximate surface area is 211 Å². The molecule has 0 aromatic heterocycles. The molecule has 3 rings (SSSR count). The summed E-state index contributed by atoms with van der Waals surface area (Å²) >= 11 is 0. The summed E-state index contributed by atoms with van der Waals surface area (Å²) in [6.07, 6.45) is 4.46. The van der Waals surface area contributed by atoms with Crippen LogP contribution in [0.5, 0.6) is 0 Å². The average molecular weight is 495 g/mol. The third-order valence-electron chi connectivity index (χ3n) is 5.95. The number of carbonyl (C=O) groups is 2. The fourth-order valence-electron chi connectivity index (χ4n) is 4.31. The Morgan fingerprint density at radius 1 is 0.694 bits per heavy atom. The molecule has 3 aromatic carbocycles. The lowest BCUT2D eigenvalue weighted by molar-refractivity contribution is 0.0511. The van der Waals surface area contributed by atoms with Crippen LogP contribution in [-0.4, -0.2) is 25.2 Å². The maximum absolute atomic E-state index is 13.9. The molecule has 36 heavy (non-hydrogen) atoms. The molecular weight excluding hydrogens is 462 g/mol. The minimum absolute atomic E-state index is 0.166. The molecule has 190 valence electrons. The summed E-state index contributed by atoms with van der Waals surface area (Å²) in [5.74, 6) is -1.94. The molecule has 0 aliphatic carbocycles. The number of unbranched alkanes of at least 4 members (excludes halogenated alkanes) is 3. The van der Waals surface area contributed by atoms with Gasteiger partial charge in [0.15, 0.2) is 0 Å². The Morgan fingerprint density at radius 3 is 1.75 bits per heavy atom.